The largest absolute Gasteiger partial charge is 0.497 e. The molecule has 1 rings (SSSR count). The van der Waals surface area contributed by atoms with Crippen molar-refractivity contribution in [1.82, 2.24) is 0 Å². The van der Waals surface area contributed by atoms with Crippen LogP contribution in [0.15, 0.2) is 36.9 Å². The first-order chi connectivity index (χ1) is 7.22. The Hall–Kier alpha value is -2.08. The van der Waals surface area contributed by atoms with Crippen LogP contribution in [-0.2, 0) is 0 Å². The van der Waals surface area contributed by atoms with Crippen molar-refractivity contribution in [3.63, 3.8) is 0 Å². The molecule has 0 fully saturated rings. The van der Waals surface area contributed by atoms with E-state index in [1.807, 2.05) is 6.07 Å². The van der Waals surface area contributed by atoms with E-state index in [0.29, 0.717) is 16.9 Å². The number of nitrogens with zero attached hydrogens (tertiary/aromatic N) is 1. The van der Waals surface area contributed by atoms with Gasteiger partial charge in [0.15, 0.2) is 0 Å². The van der Waals surface area contributed by atoms with Crippen molar-refractivity contribution in [3.05, 3.63) is 48.3 Å². The van der Waals surface area contributed by atoms with Gasteiger partial charge in [0.25, 0.3) is 0 Å². The number of hydrogen-bond donors (Lipinski definition) is 0. The van der Waals surface area contributed by atoms with Crippen LogP contribution in [0.3, 0.4) is 0 Å². The summed E-state index contributed by atoms with van der Waals surface area (Å²) in [6.45, 7) is 3.52. The molecule has 0 amide bonds. The van der Waals surface area contributed by atoms with Gasteiger partial charge in [0.1, 0.15) is 11.6 Å². The van der Waals surface area contributed by atoms with Crippen molar-refractivity contribution >= 4 is 5.57 Å². The maximum absolute atomic E-state index is 13.5. The molecule has 0 aliphatic heterocycles. The first kappa shape index (κ1) is 11.0. The zero-order valence-electron chi connectivity index (χ0n) is 8.33. The third-order valence-corrected chi connectivity index (χ3v) is 1.93. The van der Waals surface area contributed by atoms with Crippen molar-refractivity contribution in [2.24, 2.45) is 0 Å². The number of rotatable bonds is 3. The highest BCUT2D eigenvalue weighted by atomic mass is 19.1. The maximum Gasteiger partial charge on any atom is 0.134 e. The van der Waals surface area contributed by atoms with Crippen molar-refractivity contribution in [3.8, 4) is 11.8 Å². The molecule has 15 heavy (non-hydrogen) atoms. The number of ether oxygens (including phenoxy) is 1. The minimum absolute atomic E-state index is 0.340. The molecule has 1 aromatic rings. The van der Waals surface area contributed by atoms with E-state index in [9.17, 15) is 4.39 Å². The lowest BCUT2D eigenvalue weighted by Crippen LogP contribution is -1.90. The molecule has 3 heteroatoms. The molecular weight excluding hydrogens is 193 g/mol. The van der Waals surface area contributed by atoms with Gasteiger partial charge in [-0.25, -0.2) is 4.39 Å². The van der Waals surface area contributed by atoms with Crippen LogP contribution in [0.1, 0.15) is 5.56 Å². The van der Waals surface area contributed by atoms with Gasteiger partial charge in [-0.05, 0) is 17.7 Å². The van der Waals surface area contributed by atoms with Gasteiger partial charge < -0.3 is 4.74 Å². The normalized spacial score (nSPS) is 10.6. The van der Waals surface area contributed by atoms with Crippen LogP contribution in [0, 0.1) is 17.1 Å². The van der Waals surface area contributed by atoms with Crippen LogP contribution in [0.25, 0.3) is 5.57 Å². The summed E-state index contributed by atoms with van der Waals surface area (Å²) in [6.07, 6.45) is 2.69. The van der Waals surface area contributed by atoms with Gasteiger partial charge in [-0.2, -0.15) is 5.26 Å². The third kappa shape index (κ3) is 2.44. The van der Waals surface area contributed by atoms with Crippen molar-refractivity contribution in [2.75, 3.05) is 7.11 Å². The van der Waals surface area contributed by atoms with Gasteiger partial charge in [0.05, 0.1) is 13.2 Å². The fourth-order valence-corrected chi connectivity index (χ4v) is 1.17. The molecule has 0 N–H and O–H groups in total. The Morgan fingerprint density at radius 2 is 2.33 bits per heavy atom. The zero-order valence-corrected chi connectivity index (χ0v) is 8.33. The van der Waals surface area contributed by atoms with E-state index in [2.05, 4.69) is 6.58 Å². The Morgan fingerprint density at radius 3 is 2.80 bits per heavy atom. The summed E-state index contributed by atoms with van der Waals surface area (Å²) < 4.78 is 18.4. The SMILES string of the molecule is C=CC(=CC#N)c1ccc(OC)cc1F. The Morgan fingerprint density at radius 1 is 1.60 bits per heavy atom. The predicted molar refractivity (Wildman–Crippen MR) is 56.7 cm³/mol. The lowest BCUT2D eigenvalue weighted by atomic mass is 10.1. The van der Waals surface area contributed by atoms with E-state index in [0.717, 1.165) is 0 Å². The van der Waals surface area contributed by atoms with Crippen LogP contribution < -0.4 is 4.74 Å². The third-order valence-electron chi connectivity index (χ3n) is 1.93. The highest BCUT2D eigenvalue weighted by molar-refractivity contribution is 5.75. The molecule has 2 nitrogen and oxygen atoms in total. The minimum atomic E-state index is -0.434. The number of hydrogen-bond acceptors (Lipinski definition) is 2. The van der Waals surface area contributed by atoms with Crippen LogP contribution in [0.5, 0.6) is 5.75 Å². The average Bonchev–Trinajstić information content (AvgIpc) is 2.26. The van der Waals surface area contributed by atoms with E-state index >= 15 is 0 Å². The Labute approximate surface area is 87.9 Å². The monoisotopic (exact) mass is 203 g/mol. The van der Waals surface area contributed by atoms with Gasteiger partial charge in [-0.1, -0.05) is 12.7 Å². The quantitative estimate of drug-likeness (QED) is 0.559. The van der Waals surface area contributed by atoms with E-state index in [-0.39, 0.29) is 0 Å². The van der Waals surface area contributed by atoms with Crippen LogP contribution in [0.4, 0.5) is 4.39 Å². The van der Waals surface area contributed by atoms with Gasteiger partial charge in [0, 0.05) is 17.7 Å². The van der Waals surface area contributed by atoms with Crippen molar-refractivity contribution < 1.29 is 9.13 Å². The highest BCUT2D eigenvalue weighted by Crippen LogP contribution is 2.23. The summed E-state index contributed by atoms with van der Waals surface area (Å²) in [5.74, 6) is 0.00682. The summed E-state index contributed by atoms with van der Waals surface area (Å²) in [4.78, 5) is 0. The molecule has 0 radical (unpaired) electrons. The zero-order chi connectivity index (χ0) is 11.3. The van der Waals surface area contributed by atoms with E-state index in [1.54, 1.807) is 12.1 Å². The molecule has 76 valence electrons. The summed E-state index contributed by atoms with van der Waals surface area (Å²) >= 11 is 0. The number of benzene rings is 1. The second-order valence-corrected chi connectivity index (χ2v) is 2.78. The molecule has 0 unspecified atom stereocenters. The Bertz CT molecular complexity index is 443. The van der Waals surface area contributed by atoms with Crippen molar-refractivity contribution in [1.29, 1.82) is 5.26 Å². The molecule has 0 aliphatic rings. The first-order valence-corrected chi connectivity index (χ1v) is 4.29. The number of methoxy groups -OCH3 is 1. The lowest BCUT2D eigenvalue weighted by Gasteiger charge is -2.05. The fraction of sp³-hybridized carbons (Fsp3) is 0.0833. The number of halogens is 1. The topological polar surface area (TPSA) is 33.0 Å². The molecule has 0 spiro atoms. The fourth-order valence-electron chi connectivity index (χ4n) is 1.17. The van der Waals surface area contributed by atoms with Gasteiger partial charge in [-0.3, -0.25) is 0 Å². The molecule has 0 saturated heterocycles. The first-order valence-electron chi connectivity index (χ1n) is 4.29. The highest BCUT2D eigenvalue weighted by Gasteiger charge is 2.06. The Balaban J connectivity index is 3.22. The van der Waals surface area contributed by atoms with Gasteiger partial charge >= 0.3 is 0 Å². The second-order valence-electron chi connectivity index (χ2n) is 2.78. The van der Waals surface area contributed by atoms with E-state index in [1.165, 1.54) is 25.3 Å². The molecule has 1 aromatic carbocycles. The summed E-state index contributed by atoms with van der Waals surface area (Å²) in [6, 6.07) is 6.30. The molecule has 0 saturated carbocycles. The number of allylic oxidation sites excluding steroid dienone is 3. The van der Waals surface area contributed by atoms with E-state index in [4.69, 9.17) is 10.00 Å². The van der Waals surface area contributed by atoms with Gasteiger partial charge in [0.2, 0.25) is 0 Å². The van der Waals surface area contributed by atoms with E-state index < -0.39 is 5.82 Å². The molecular formula is C12H10FNO. The number of nitriles is 1. The minimum Gasteiger partial charge on any atom is -0.497 e. The molecule has 0 aromatic heterocycles. The molecule has 0 atom stereocenters. The summed E-state index contributed by atoms with van der Waals surface area (Å²) in [5.41, 5.74) is 0.796. The average molecular weight is 203 g/mol. The molecule has 0 bridgehead atoms. The predicted octanol–water partition coefficient (Wildman–Crippen LogP) is 2.93. The molecule has 0 heterocycles. The smallest absolute Gasteiger partial charge is 0.134 e. The second kappa shape index (κ2) is 4.97. The standard InChI is InChI=1S/C12H10FNO/c1-3-9(6-7-14)11-5-4-10(15-2)8-12(11)13/h3-6,8H,1H2,2H3. The summed E-state index contributed by atoms with van der Waals surface area (Å²) in [5, 5.41) is 8.50. The van der Waals surface area contributed by atoms with Crippen LogP contribution >= 0.6 is 0 Å². The summed E-state index contributed by atoms with van der Waals surface area (Å²) in [7, 11) is 1.47. The maximum atomic E-state index is 13.5. The molecule has 0 aliphatic carbocycles. The van der Waals surface area contributed by atoms with Crippen LogP contribution in [0.2, 0.25) is 0 Å². The van der Waals surface area contributed by atoms with Crippen LogP contribution in [-0.4, -0.2) is 7.11 Å². The van der Waals surface area contributed by atoms with Gasteiger partial charge in [-0.15, -0.1) is 0 Å². The Kier molecular flexibility index (Phi) is 3.64. The van der Waals surface area contributed by atoms with Crippen molar-refractivity contribution in [2.45, 2.75) is 0 Å². The lowest BCUT2D eigenvalue weighted by molar-refractivity contribution is 0.411.